The van der Waals surface area contributed by atoms with E-state index in [0.717, 1.165) is 0 Å². The van der Waals surface area contributed by atoms with Gasteiger partial charge in [-0.3, -0.25) is 4.79 Å². The Morgan fingerprint density at radius 1 is 1.89 bits per heavy atom. The van der Waals surface area contributed by atoms with Gasteiger partial charge in [-0.2, -0.15) is 0 Å². The summed E-state index contributed by atoms with van der Waals surface area (Å²) in [5.41, 5.74) is 5.12. The van der Waals surface area contributed by atoms with Gasteiger partial charge in [0.05, 0.1) is 6.61 Å². The molecule has 0 saturated carbocycles. The molecule has 4 nitrogen and oxygen atoms in total. The first kappa shape index (κ1) is 8.39. The average molecular weight is 133 g/mol. The van der Waals surface area contributed by atoms with E-state index < -0.39 is 12.0 Å². The Morgan fingerprint density at radius 2 is 2.44 bits per heavy atom. The fraction of sp³-hybridized carbons (Fsp3) is 0.800. The molecular weight excluding hydrogens is 122 g/mol. The second-order valence-electron chi connectivity index (χ2n) is 1.68. The molecule has 4 heteroatoms. The van der Waals surface area contributed by atoms with Crippen molar-refractivity contribution in [3.8, 4) is 0 Å². The monoisotopic (exact) mass is 133 g/mol. The largest absolute Gasteiger partial charge is 0.462 e. The normalized spacial score (nSPS) is 12.8. The van der Waals surface area contributed by atoms with Crippen LogP contribution in [0.3, 0.4) is 0 Å². The minimum atomic E-state index is -0.600. The number of hydrogen-bond acceptors (Lipinski definition) is 4. The van der Waals surface area contributed by atoms with Crippen molar-refractivity contribution in [2.75, 3.05) is 13.2 Å². The maximum absolute atomic E-state index is 10.4. The van der Waals surface area contributed by atoms with Gasteiger partial charge in [0.1, 0.15) is 12.6 Å². The van der Waals surface area contributed by atoms with Gasteiger partial charge in [0.15, 0.2) is 0 Å². The molecule has 0 aromatic rings. The molecule has 0 spiro atoms. The minimum Gasteiger partial charge on any atom is -0.462 e. The van der Waals surface area contributed by atoms with Gasteiger partial charge >= 0.3 is 5.97 Å². The lowest BCUT2D eigenvalue weighted by Gasteiger charge is -2.03. The molecular formula is C5H11NO3. The molecule has 0 aliphatic carbocycles. The Hall–Kier alpha value is -0.610. The predicted octanol–water partition coefficient (Wildman–Crippen LogP) is -1.13. The van der Waals surface area contributed by atoms with Crippen molar-refractivity contribution < 1.29 is 14.6 Å². The molecule has 0 amide bonds. The number of aliphatic hydroxyl groups is 1. The number of rotatable bonds is 3. The Bertz CT molecular complexity index is 92.2. The summed E-state index contributed by atoms with van der Waals surface area (Å²) in [4.78, 5) is 10.4. The van der Waals surface area contributed by atoms with E-state index in [1.807, 2.05) is 0 Å². The number of aliphatic hydroxyl groups excluding tert-OH is 1. The van der Waals surface area contributed by atoms with Gasteiger partial charge in [-0.1, -0.05) is 0 Å². The highest BCUT2D eigenvalue weighted by molar-refractivity contribution is 5.74. The van der Waals surface area contributed by atoms with Crippen LogP contribution >= 0.6 is 0 Å². The lowest BCUT2D eigenvalue weighted by atomic mass is 10.4. The maximum Gasteiger partial charge on any atom is 0.322 e. The van der Waals surface area contributed by atoms with E-state index in [0.29, 0.717) is 0 Å². The molecule has 0 bridgehead atoms. The third kappa shape index (κ3) is 3.93. The molecule has 0 heterocycles. The molecule has 1 atom stereocenters. The van der Waals surface area contributed by atoms with E-state index >= 15 is 0 Å². The predicted molar refractivity (Wildman–Crippen MR) is 31.7 cm³/mol. The van der Waals surface area contributed by atoms with E-state index in [1.54, 1.807) is 0 Å². The molecule has 0 aliphatic heterocycles. The third-order valence-corrected chi connectivity index (χ3v) is 0.707. The number of esters is 1. The van der Waals surface area contributed by atoms with Crippen LogP contribution in [0.4, 0.5) is 0 Å². The summed E-state index contributed by atoms with van der Waals surface area (Å²) in [5.74, 6) is -0.482. The van der Waals surface area contributed by atoms with Crippen molar-refractivity contribution in [3.05, 3.63) is 0 Å². The van der Waals surface area contributed by atoms with Crippen LogP contribution < -0.4 is 5.73 Å². The second kappa shape index (κ2) is 4.29. The molecule has 0 radical (unpaired) electrons. The average Bonchev–Trinajstić information content (AvgIpc) is 1.82. The number of ether oxygens (including phenoxy) is 1. The standard InChI is InChI=1S/C5H11NO3/c1-4(6)5(8)9-3-2-7/h4,7H,2-3,6H2,1H3. The SMILES string of the molecule is CC(N)C(=O)OCCO. The second-order valence-corrected chi connectivity index (χ2v) is 1.68. The van der Waals surface area contributed by atoms with Crippen LogP contribution in [0.1, 0.15) is 6.92 Å². The molecule has 9 heavy (non-hydrogen) atoms. The first-order valence-corrected chi connectivity index (χ1v) is 2.71. The van der Waals surface area contributed by atoms with Crippen LogP contribution in [0.5, 0.6) is 0 Å². The third-order valence-electron chi connectivity index (χ3n) is 0.707. The van der Waals surface area contributed by atoms with E-state index in [-0.39, 0.29) is 13.2 Å². The number of hydrogen-bond donors (Lipinski definition) is 2. The molecule has 0 aromatic carbocycles. The van der Waals surface area contributed by atoms with Crippen LogP contribution in [0, 0.1) is 0 Å². The highest BCUT2D eigenvalue weighted by Gasteiger charge is 2.06. The van der Waals surface area contributed by atoms with Crippen molar-refractivity contribution in [2.24, 2.45) is 5.73 Å². The smallest absolute Gasteiger partial charge is 0.322 e. The Labute approximate surface area is 53.6 Å². The van der Waals surface area contributed by atoms with Gasteiger partial charge in [-0.15, -0.1) is 0 Å². The molecule has 1 unspecified atom stereocenters. The number of carbonyl (C=O) groups is 1. The van der Waals surface area contributed by atoms with Gasteiger partial charge in [0, 0.05) is 0 Å². The van der Waals surface area contributed by atoms with E-state index in [1.165, 1.54) is 6.92 Å². The first-order valence-electron chi connectivity index (χ1n) is 2.71. The van der Waals surface area contributed by atoms with Gasteiger partial charge in [-0.25, -0.2) is 0 Å². The fourth-order valence-corrected chi connectivity index (χ4v) is 0.278. The summed E-state index contributed by atoms with van der Waals surface area (Å²) in [5, 5.41) is 8.18. The Morgan fingerprint density at radius 3 is 2.78 bits per heavy atom. The summed E-state index contributed by atoms with van der Waals surface area (Å²) >= 11 is 0. The minimum absolute atomic E-state index is 0.0281. The van der Waals surface area contributed by atoms with E-state index in [4.69, 9.17) is 10.8 Å². The van der Waals surface area contributed by atoms with Crippen molar-refractivity contribution in [3.63, 3.8) is 0 Å². The van der Waals surface area contributed by atoms with Crippen molar-refractivity contribution in [1.82, 2.24) is 0 Å². The fourth-order valence-electron chi connectivity index (χ4n) is 0.278. The van der Waals surface area contributed by atoms with Gasteiger partial charge in [0.25, 0.3) is 0 Å². The summed E-state index contributed by atoms with van der Waals surface area (Å²) in [6, 6.07) is -0.600. The van der Waals surface area contributed by atoms with Gasteiger partial charge in [-0.05, 0) is 6.92 Å². The maximum atomic E-state index is 10.4. The molecule has 0 fully saturated rings. The summed E-state index contributed by atoms with van der Waals surface area (Å²) in [6.45, 7) is 1.40. The van der Waals surface area contributed by atoms with Crippen molar-refractivity contribution >= 4 is 5.97 Å². The van der Waals surface area contributed by atoms with Crippen LogP contribution in [-0.4, -0.2) is 30.3 Å². The zero-order valence-corrected chi connectivity index (χ0v) is 5.33. The summed E-state index contributed by atoms with van der Waals surface area (Å²) < 4.78 is 4.44. The topological polar surface area (TPSA) is 72.6 Å². The van der Waals surface area contributed by atoms with Crippen molar-refractivity contribution in [1.29, 1.82) is 0 Å². The highest BCUT2D eigenvalue weighted by Crippen LogP contribution is 1.81. The molecule has 0 rings (SSSR count). The van der Waals surface area contributed by atoms with Crippen LogP contribution in [0.15, 0.2) is 0 Å². The Balaban J connectivity index is 3.28. The van der Waals surface area contributed by atoms with E-state index in [2.05, 4.69) is 4.74 Å². The molecule has 3 N–H and O–H groups in total. The van der Waals surface area contributed by atoms with E-state index in [9.17, 15) is 4.79 Å². The van der Waals surface area contributed by atoms with Gasteiger partial charge in [0.2, 0.25) is 0 Å². The summed E-state index contributed by atoms with van der Waals surface area (Å²) in [6.07, 6.45) is 0. The quantitative estimate of drug-likeness (QED) is 0.478. The zero-order valence-electron chi connectivity index (χ0n) is 5.33. The van der Waals surface area contributed by atoms with Crippen LogP contribution in [0.2, 0.25) is 0 Å². The first-order chi connectivity index (χ1) is 4.18. The van der Waals surface area contributed by atoms with Crippen LogP contribution in [-0.2, 0) is 9.53 Å². The molecule has 0 aromatic heterocycles. The molecule has 0 aliphatic rings. The zero-order chi connectivity index (χ0) is 7.28. The Kier molecular flexibility index (Phi) is 4.00. The lowest BCUT2D eigenvalue weighted by molar-refractivity contribution is -0.145. The van der Waals surface area contributed by atoms with Gasteiger partial charge < -0.3 is 15.6 Å². The van der Waals surface area contributed by atoms with Crippen molar-refractivity contribution in [2.45, 2.75) is 13.0 Å². The molecule has 54 valence electrons. The number of carbonyl (C=O) groups excluding carboxylic acids is 1. The van der Waals surface area contributed by atoms with Crippen LogP contribution in [0.25, 0.3) is 0 Å². The number of nitrogens with two attached hydrogens (primary N) is 1. The lowest BCUT2D eigenvalue weighted by Crippen LogP contribution is -2.29. The molecule has 0 saturated heterocycles. The summed E-state index contributed by atoms with van der Waals surface area (Å²) in [7, 11) is 0. The highest BCUT2D eigenvalue weighted by atomic mass is 16.5.